The molecule has 18 heavy (non-hydrogen) atoms. The molecule has 1 heterocycles. The van der Waals surface area contributed by atoms with Crippen molar-refractivity contribution in [2.24, 2.45) is 0 Å². The van der Waals surface area contributed by atoms with Crippen LogP contribution in [0.2, 0.25) is 10.0 Å². The van der Waals surface area contributed by atoms with E-state index in [2.05, 4.69) is 14.7 Å². The van der Waals surface area contributed by atoms with E-state index in [9.17, 15) is 8.78 Å². The Bertz CT molecular complexity index is 529. The standard InChI is InChI=1S/C11H6Cl2F2N2O/c12-7-1-6(2-8(13)3-7)10-16-4-9(5-17-10)18-11(14)15/h1-5,11H. The minimum Gasteiger partial charge on any atom is -0.432 e. The van der Waals surface area contributed by atoms with Gasteiger partial charge in [-0.1, -0.05) is 23.2 Å². The van der Waals surface area contributed by atoms with Gasteiger partial charge in [0.1, 0.15) is 0 Å². The van der Waals surface area contributed by atoms with Crippen molar-refractivity contribution in [2.75, 3.05) is 0 Å². The molecule has 0 N–H and O–H groups in total. The van der Waals surface area contributed by atoms with Gasteiger partial charge in [0.05, 0.1) is 12.4 Å². The van der Waals surface area contributed by atoms with Crippen molar-refractivity contribution >= 4 is 23.2 Å². The Labute approximate surface area is 111 Å². The van der Waals surface area contributed by atoms with Crippen molar-refractivity contribution in [1.82, 2.24) is 9.97 Å². The normalized spacial score (nSPS) is 10.7. The highest BCUT2D eigenvalue weighted by molar-refractivity contribution is 6.35. The fourth-order valence-corrected chi connectivity index (χ4v) is 1.84. The summed E-state index contributed by atoms with van der Waals surface area (Å²) >= 11 is 11.7. The molecule has 0 amide bonds. The maximum Gasteiger partial charge on any atom is 0.387 e. The average molecular weight is 291 g/mol. The molecule has 1 aromatic carbocycles. The van der Waals surface area contributed by atoms with Gasteiger partial charge >= 0.3 is 6.61 Å². The molecule has 0 radical (unpaired) electrons. The van der Waals surface area contributed by atoms with E-state index in [1.165, 1.54) is 0 Å². The molecule has 7 heteroatoms. The Kier molecular flexibility index (Phi) is 3.93. The predicted octanol–water partition coefficient (Wildman–Crippen LogP) is 4.05. The van der Waals surface area contributed by atoms with E-state index >= 15 is 0 Å². The Morgan fingerprint density at radius 1 is 1.00 bits per heavy atom. The maximum absolute atomic E-state index is 11.9. The zero-order chi connectivity index (χ0) is 13.1. The third kappa shape index (κ3) is 3.27. The number of aromatic nitrogens is 2. The number of halogens is 4. The second-order valence-electron chi connectivity index (χ2n) is 3.28. The Morgan fingerprint density at radius 2 is 1.56 bits per heavy atom. The van der Waals surface area contributed by atoms with Gasteiger partial charge in [-0.15, -0.1) is 0 Å². The van der Waals surface area contributed by atoms with Crippen molar-refractivity contribution in [2.45, 2.75) is 6.61 Å². The zero-order valence-corrected chi connectivity index (χ0v) is 10.3. The lowest BCUT2D eigenvalue weighted by Crippen LogP contribution is -2.03. The van der Waals surface area contributed by atoms with Crippen molar-refractivity contribution in [3.8, 4) is 17.1 Å². The van der Waals surface area contributed by atoms with Gasteiger partial charge in [0.2, 0.25) is 0 Å². The lowest BCUT2D eigenvalue weighted by molar-refractivity contribution is -0.0503. The molecule has 0 aliphatic heterocycles. The maximum atomic E-state index is 11.9. The quantitative estimate of drug-likeness (QED) is 0.855. The molecule has 2 rings (SSSR count). The van der Waals surface area contributed by atoms with E-state index < -0.39 is 6.61 Å². The van der Waals surface area contributed by atoms with E-state index in [1.54, 1.807) is 18.2 Å². The molecule has 0 aliphatic carbocycles. The van der Waals surface area contributed by atoms with Gasteiger partial charge < -0.3 is 4.74 Å². The minimum absolute atomic E-state index is 0.109. The summed E-state index contributed by atoms with van der Waals surface area (Å²) in [7, 11) is 0. The molecule has 94 valence electrons. The first-order valence-electron chi connectivity index (χ1n) is 4.78. The van der Waals surface area contributed by atoms with Crippen molar-refractivity contribution in [1.29, 1.82) is 0 Å². The van der Waals surface area contributed by atoms with Gasteiger partial charge in [-0.25, -0.2) is 9.97 Å². The summed E-state index contributed by atoms with van der Waals surface area (Å²) in [6, 6.07) is 4.81. The molecular weight excluding hydrogens is 285 g/mol. The van der Waals surface area contributed by atoms with Crippen LogP contribution in [-0.4, -0.2) is 16.6 Å². The van der Waals surface area contributed by atoms with E-state index in [-0.39, 0.29) is 5.75 Å². The van der Waals surface area contributed by atoms with Crippen molar-refractivity contribution in [3.05, 3.63) is 40.6 Å². The van der Waals surface area contributed by atoms with Crippen LogP contribution in [0.1, 0.15) is 0 Å². The molecule has 0 atom stereocenters. The molecule has 0 saturated carbocycles. The summed E-state index contributed by atoms with van der Waals surface area (Å²) in [5.74, 6) is 0.211. The topological polar surface area (TPSA) is 35.0 Å². The summed E-state index contributed by atoms with van der Waals surface area (Å²) in [5, 5.41) is 0.878. The Balaban J connectivity index is 2.28. The van der Waals surface area contributed by atoms with Gasteiger partial charge in [0, 0.05) is 15.6 Å². The SMILES string of the molecule is FC(F)Oc1cnc(-c2cc(Cl)cc(Cl)c2)nc1. The van der Waals surface area contributed by atoms with Crippen molar-refractivity contribution < 1.29 is 13.5 Å². The molecule has 0 spiro atoms. The summed E-state index contributed by atoms with van der Waals surface area (Å²) in [6.45, 7) is -2.90. The van der Waals surface area contributed by atoms with Crippen LogP contribution >= 0.6 is 23.2 Å². The van der Waals surface area contributed by atoms with Crippen LogP contribution in [0.25, 0.3) is 11.4 Å². The summed E-state index contributed by atoms with van der Waals surface area (Å²) in [5.41, 5.74) is 0.594. The summed E-state index contributed by atoms with van der Waals surface area (Å²) < 4.78 is 28.0. The highest BCUT2D eigenvalue weighted by Crippen LogP contribution is 2.25. The van der Waals surface area contributed by atoms with Crippen LogP contribution in [-0.2, 0) is 0 Å². The molecule has 0 saturated heterocycles. The van der Waals surface area contributed by atoms with Crippen LogP contribution in [0.3, 0.4) is 0 Å². The number of hydrogen-bond acceptors (Lipinski definition) is 3. The third-order valence-electron chi connectivity index (χ3n) is 1.97. The first-order valence-corrected chi connectivity index (χ1v) is 5.53. The minimum atomic E-state index is -2.90. The highest BCUT2D eigenvalue weighted by Gasteiger charge is 2.07. The number of benzene rings is 1. The van der Waals surface area contributed by atoms with Gasteiger partial charge in [0.25, 0.3) is 0 Å². The van der Waals surface area contributed by atoms with E-state index in [4.69, 9.17) is 23.2 Å². The average Bonchev–Trinajstić information content (AvgIpc) is 2.27. The number of alkyl halides is 2. The van der Waals surface area contributed by atoms with Gasteiger partial charge in [-0.2, -0.15) is 8.78 Å². The molecule has 0 unspecified atom stereocenters. The second kappa shape index (κ2) is 5.46. The monoisotopic (exact) mass is 290 g/mol. The van der Waals surface area contributed by atoms with Crippen LogP contribution in [0.4, 0.5) is 8.78 Å². The number of hydrogen-bond donors (Lipinski definition) is 0. The first kappa shape index (κ1) is 13.0. The molecule has 2 aromatic rings. The van der Waals surface area contributed by atoms with Crippen LogP contribution in [0, 0.1) is 0 Å². The zero-order valence-electron chi connectivity index (χ0n) is 8.78. The second-order valence-corrected chi connectivity index (χ2v) is 4.15. The van der Waals surface area contributed by atoms with Crippen LogP contribution in [0.15, 0.2) is 30.6 Å². The smallest absolute Gasteiger partial charge is 0.387 e. The van der Waals surface area contributed by atoms with E-state index in [0.29, 0.717) is 21.4 Å². The number of ether oxygens (including phenoxy) is 1. The lowest BCUT2D eigenvalue weighted by atomic mass is 10.2. The first-order chi connectivity index (χ1) is 8.54. The largest absolute Gasteiger partial charge is 0.432 e. The predicted molar refractivity (Wildman–Crippen MR) is 64.1 cm³/mol. The van der Waals surface area contributed by atoms with Gasteiger partial charge in [-0.3, -0.25) is 0 Å². The molecular formula is C11H6Cl2F2N2O. The molecule has 1 aromatic heterocycles. The van der Waals surface area contributed by atoms with E-state index in [0.717, 1.165) is 12.4 Å². The van der Waals surface area contributed by atoms with Gasteiger partial charge in [0.15, 0.2) is 11.6 Å². The summed E-state index contributed by atoms with van der Waals surface area (Å²) in [4.78, 5) is 7.79. The van der Waals surface area contributed by atoms with E-state index in [1.807, 2.05) is 0 Å². The lowest BCUT2D eigenvalue weighted by Gasteiger charge is -2.05. The molecule has 0 fully saturated rings. The van der Waals surface area contributed by atoms with Crippen LogP contribution < -0.4 is 4.74 Å². The fraction of sp³-hybridized carbons (Fsp3) is 0.0909. The Morgan fingerprint density at radius 3 is 2.06 bits per heavy atom. The number of nitrogens with zero attached hydrogens (tertiary/aromatic N) is 2. The molecule has 0 aliphatic rings. The third-order valence-corrected chi connectivity index (χ3v) is 2.41. The molecule has 3 nitrogen and oxygen atoms in total. The highest BCUT2D eigenvalue weighted by atomic mass is 35.5. The number of rotatable bonds is 3. The van der Waals surface area contributed by atoms with Crippen LogP contribution in [0.5, 0.6) is 5.75 Å². The Hall–Kier alpha value is -1.46. The fourth-order valence-electron chi connectivity index (χ4n) is 1.31. The molecule has 0 bridgehead atoms. The van der Waals surface area contributed by atoms with Gasteiger partial charge in [-0.05, 0) is 18.2 Å². The summed E-state index contributed by atoms with van der Waals surface area (Å²) in [6.07, 6.45) is 2.31. The van der Waals surface area contributed by atoms with Crippen molar-refractivity contribution in [3.63, 3.8) is 0 Å².